The maximum Gasteiger partial charge on any atom is 0.0487 e. The summed E-state index contributed by atoms with van der Waals surface area (Å²) >= 11 is 1.84. The highest BCUT2D eigenvalue weighted by atomic mass is 32.1. The highest BCUT2D eigenvalue weighted by Gasteiger charge is 2.32. The molecule has 1 fully saturated rings. The summed E-state index contributed by atoms with van der Waals surface area (Å²) < 4.78 is 0. The fourth-order valence-electron chi connectivity index (χ4n) is 2.76. The van der Waals surface area contributed by atoms with Crippen molar-refractivity contribution in [1.29, 1.82) is 0 Å². The molecule has 0 amide bonds. The first-order valence-electron chi connectivity index (χ1n) is 5.28. The second-order valence-corrected chi connectivity index (χ2v) is 4.98. The zero-order chi connectivity index (χ0) is 8.67. The van der Waals surface area contributed by atoms with E-state index in [0.717, 1.165) is 12.0 Å². The molecule has 0 bridgehead atoms. The summed E-state index contributed by atoms with van der Waals surface area (Å²) in [5.74, 6) is 0.837. The molecule has 1 aliphatic heterocycles. The number of hydrogen-bond donors (Lipinski definition) is 1. The van der Waals surface area contributed by atoms with Crippen LogP contribution in [0.25, 0.3) is 0 Å². The van der Waals surface area contributed by atoms with Crippen molar-refractivity contribution in [2.24, 2.45) is 0 Å². The summed E-state index contributed by atoms with van der Waals surface area (Å²) in [4.78, 5) is 0. The maximum atomic E-state index is 3.67. The van der Waals surface area contributed by atoms with E-state index in [0.29, 0.717) is 0 Å². The maximum absolute atomic E-state index is 3.67. The third-order valence-electron chi connectivity index (χ3n) is 3.45. The van der Waals surface area contributed by atoms with Crippen LogP contribution in [-0.4, -0.2) is 6.04 Å². The van der Waals surface area contributed by atoms with Gasteiger partial charge in [0, 0.05) is 23.0 Å². The zero-order valence-electron chi connectivity index (χ0n) is 7.75. The molecule has 2 heterocycles. The quantitative estimate of drug-likeness (QED) is 0.664. The van der Waals surface area contributed by atoms with E-state index >= 15 is 0 Å². The second kappa shape index (κ2) is 3.02. The van der Waals surface area contributed by atoms with Crippen molar-refractivity contribution >= 4 is 17.0 Å². The second-order valence-electron chi connectivity index (χ2n) is 4.24. The predicted octanol–water partition coefficient (Wildman–Crippen LogP) is 3.59. The summed E-state index contributed by atoms with van der Waals surface area (Å²) in [5.41, 5.74) is 3.04. The highest BCUT2D eigenvalue weighted by Crippen LogP contribution is 2.44. The Hall–Kier alpha value is -0.500. The molecule has 2 atom stereocenters. The van der Waals surface area contributed by atoms with Crippen LogP contribution in [0.2, 0.25) is 0 Å². The van der Waals surface area contributed by atoms with Gasteiger partial charge in [0.2, 0.25) is 0 Å². The van der Waals surface area contributed by atoms with E-state index in [9.17, 15) is 0 Å². The highest BCUT2D eigenvalue weighted by molar-refractivity contribution is 7.08. The predicted molar refractivity (Wildman–Crippen MR) is 57.6 cm³/mol. The average molecular weight is 193 g/mol. The molecule has 1 aromatic heterocycles. The molecular weight excluding hydrogens is 178 g/mol. The van der Waals surface area contributed by atoms with Crippen LogP contribution in [0.15, 0.2) is 10.8 Å². The smallest absolute Gasteiger partial charge is 0.0487 e. The lowest BCUT2D eigenvalue weighted by molar-refractivity contribution is 0.563. The topological polar surface area (TPSA) is 12.0 Å². The van der Waals surface area contributed by atoms with Crippen molar-refractivity contribution in [2.75, 3.05) is 5.32 Å². The number of nitrogens with one attached hydrogen (secondary N) is 1. The molecule has 2 heteroatoms. The fraction of sp³-hybridized carbons (Fsp3) is 0.636. The van der Waals surface area contributed by atoms with Gasteiger partial charge >= 0.3 is 0 Å². The number of fused-ring (bicyclic) bond motifs is 3. The largest absolute Gasteiger partial charge is 0.381 e. The molecule has 0 saturated heterocycles. The van der Waals surface area contributed by atoms with Crippen LogP contribution < -0.4 is 5.32 Å². The summed E-state index contributed by atoms with van der Waals surface area (Å²) in [6.07, 6.45) is 7.07. The Bertz CT molecular complexity index is 305. The Balaban J connectivity index is 1.93. The van der Waals surface area contributed by atoms with Gasteiger partial charge in [-0.1, -0.05) is 19.3 Å². The lowest BCUT2D eigenvalue weighted by Gasteiger charge is -2.16. The van der Waals surface area contributed by atoms with Gasteiger partial charge in [0.15, 0.2) is 0 Å². The molecule has 13 heavy (non-hydrogen) atoms. The van der Waals surface area contributed by atoms with Crippen LogP contribution in [0.5, 0.6) is 0 Å². The molecule has 2 aliphatic rings. The van der Waals surface area contributed by atoms with Crippen molar-refractivity contribution in [2.45, 2.75) is 44.1 Å². The molecule has 0 radical (unpaired) electrons. The minimum Gasteiger partial charge on any atom is -0.381 e. The van der Waals surface area contributed by atoms with Crippen molar-refractivity contribution in [3.63, 3.8) is 0 Å². The molecule has 3 rings (SSSR count). The van der Waals surface area contributed by atoms with E-state index in [1.54, 1.807) is 5.56 Å². The van der Waals surface area contributed by atoms with Crippen molar-refractivity contribution in [3.8, 4) is 0 Å². The minimum atomic E-state index is 0.765. The Morgan fingerprint density at radius 2 is 2.08 bits per heavy atom. The Labute approximate surface area is 83.2 Å². The van der Waals surface area contributed by atoms with Gasteiger partial charge in [-0.2, -0.15) is 0 Å². The van der Waals surface area contributed by atoms with Gasteiger partial charge in [-0.15, -0.1) is 11.3 Å². The monoisotopic (exact) mass is 193 g/mol. The standard InChI is InChI=1S/C11H15NS/c1-2-4-8-9-6-13-7-11(9)12-10(8)5-3-1/h6-8,10,12H,1-5H2. The fourth-order valence-corrected chi connectivity index (χ4v) is 3.62. The van der Waals surface area contributed by atoms with Crippen LogP contribution in [0, 0.1) is 0 Å². The zero-order valence-corrected chi connectivity index (χ0v) is 8.57. The first-order valence-corrected chi connectivity index (χ1v) is 6.22. The molecule has 0 aromatic carbocycles. The number of anilines is 1. The third kappa shape index (κ3) is 1.19. The van der Waals surface area contributed by atoms with Crippen LogP contribution >= 0.6 is 11.3 Å². The number of thiophene rings is 1. The SMILES string of the molecule is c1scc2c1NC1CCCCCC21. The lowest BCUT2D eigenvalue weighted by Crippen LogP contribution is -2.18. The van der Waals surface area contributed by atoms with Gasteiger partial charge in [-0.3, -0.25) is 0 Å². The molecule has 0 spiro atoms. The van der Waals surface area contributed by atoms with E-state index in [4.69, 9.17) is 0 Å². The third-order valence-corrected chi connectivity index (χ3v) is 4.21. The molecule has 1 nitrogen and oxygen atoms in total. The molecule has 2 unspecified atom stereocenters. The molecule has 1 aromatic rings. The Morgan fingerprint density at radius 1 is 1.15 bits per heavy atom. The number of rotatable bonds is 0. The Morgan fingerprint density at radius 3 is 3.08 bits per heavy atom. The van der Waals surface area contributed by atoms with Gasteiger partial charge in [-0.25, -0.2) is 0 Å². The van der Waals surface area contributed by atoms with E-state index < -0.39 is 0 Å². The van der Waals surface area contributed by atoms with E-state index in [2.05, 4.69) is 16.1 Å². The first kappa shape index (κ1) is 7.86. The molecule has 1 N–H and O–H groups in total. The summed E-state index contributed by atoms with van der Waals surface area (Å²) in [7, 11) is 0. The molecule has 1 saturated carbocycles. The van der Waals surface area contributed by atoms with E-state index in [-0.39, 0.29) is 0 Å². The van der Waals surface area contributed by atoms with Crippen molar-refractivity contribution < 1.29 is 0 Å². The first-order chi connectivity index (χ1) is 6.45. The van der Waals surface area contributed by atoms with Crippen LogP contribution in [-0.2, 0) is 0 Å². The van der Waals surface area contributed by atoms with Crippen molar-refractivity contribution in [3.05, 3.63) is 16.3 Å². The summed E-state index contributed by atoms with van der Waals surface area (Å²) in [6, 6.07) is 0.765. The minimum absolute atomic E-state index is 0.765. The molecule has 1 aliphatic carbocycles. The van der Waals surface area contributed by atoms with Crippen LogP contribution in [0.3, 0.4) is 0 Å². The van der Waals surface area contributed by atoms with E-state index in [1.807, 2.05) is 11.3 Å². The summed E-state index contributed by atoms with van der Waals surface area (Å²) in [6.45, 7) is 0. The van der Waals surface area contributed by atoms with Gasteiger partial charge in [0.05, 0.1) is 0 Å². The molecular formula is C11H15NS. The van der Waals surface area contributed by atoms with Gasteiger partial charge in [-0.05, 0) is 23.8 Å². The lowest BCUT2D eigenvalue weighted by atomic mass is 9.93. The normalized spacial score (nSPS) is 31.7. The number of hydrogen-bond acceptors (Lipinski definition) is 2. The molecule has 70 valence electrons. The average Bonchev–Trinajstić information content (AvgIpc) is 2.61. The van der Waals surface area contributed by atoms with Gasteiger partial charge < -0.3 is 5.32 Å². The Kier molecular flexibility index (Phi) is 1.82. The summed E-state index contributed by atoms with van der Waals surface area (Å²) in [5, 5.41) is 8.28. The van der Waals surface area contributed by atoms with Gasteiger partial charge in [0.25, 0.3) is 0 Å². The van der Waals surface area contributed by atoms with Gasteiger partial charge in [0.1, 0.15) is 0 Å². The van der Waals surface area contributed by atoms with Crippen LogP contribution in [0.1, 0.15) is 43.6 Å². The van der Waals surface area contributed by atoms with Crippen molar-refractivity contribution in [1.82, 2.24) is 0 Å². The van der Waals surface area contributed by atoms with E-state index in [1.165, 1.54) is 37.8 Å². The van der Waals surface area contributed by atoms with Crippen LogP contribution in [0.4, 0.5) is 5.69 Å².